The molecule has 0 unspecified atom stereocenters. The minimum absolute atomic E-state index is 0.101. The maximum atomic E-state index is 15.2. The molecule has 0 radical (unpaired) electrons. The number of hydrazine groups is 2. The van der Waals surface area contributed by atoms with E-state index in [9.17, 15) is 14.4 Å². The lowest BCUT2D eigenvalue weighted by Gasteiger charge is -2.20. The molecular formula is C25H18ClFN6O5. The van der Waals surface area contributed by atoms with Crippen LogP contribution in [0.4, 0.5) is 15.8 Å². The van der Waals surface area contributed by atoms with Gasteiger partial charge in [0.05, 0.1) is 10.7 Å². The van der Waals surface area contributed by atoms with Crippen molar-refractivity contribution in [3.63, 3.8) is 0 Å². The van der Waals surface area contributed by atoms with Gasteiger partial charge in [0.15, 0.2) is 5.82 Å². The molecule has 0 bridgehead atoms. The Hall–Kier alpha value is -4.68. The number of amides is 1. The lowest BCUT2D eigenvalue weighted by molar-refractivity contribution is -0.119. The Morgan fingerprint density at radius 1 is 1.18 bits per heavy atom. The Morgan fingerprint density at radius 2 is 2.03 bits per heavy atom. The molecule has 13 heteroatoms. The Kier molecular flexibility index (Phi) is 5.62. The van der Waals surface area contributed by atoms with E-state index in [4.69, 9.17) is 21.1 Å². The third-order valence-electron chi connectivity index (χ3n) is 6.46. The number of aryl methyl sites for hydroxylation is 1. The number of aromatic nitrogens is 1. The fraction of sp³-hybridized carbons (Fsp3) is 0.120. The van der Waals surface area contributed by atoms with Crippen molar-refractivity contribution < 1.29 is 23.5 Å². The van der Waals surface area contributed by atoms with Crippen molar-refractivity contribution in [3.05, 3.63) is 81.2 Å². The van der Waals surface area contributed by atoms with E-state index in [2.05, 4.69) is 21.5 Å². The standard InChI is InChI=1S/C25H18ClFN6O5/c26-16-3-5-17(32-11-28-30-31-32)22(23(16)27)13-8-15-2-4-18(33(15)21(34)10-13)24(35)29-14-1-6-19-12(7-14)9-20(38-19)25(36)37/h1,3,5-11,18,30-31H,2,4H2,(H,29,35)(H,36,37)/t18-/m0/s1. The Balaban J connectivity index is 1.31. The highest BCUT2D eigenvalue weighted by Crippen LogP contribution is 2.37. The average molecular weight is 537 g/mol. The van der Waals surface area contributed by atoms with Crippen LogP contribution in [0, 0.1) is 5.82 Å². The van der Waals surface area contributed by atoms with Gasteiger partial charge >= 0.3 is 5.97 Å². The van der Waals surface area contributed by atoms with Crippen LogP contribution in [0.15, 0.2) is 62.8 Å². The minimum Gasteiger partial charge on any atom is -0.475 e. The lowest BCUT2D eigenvalue weighted by Crippen LogP contribution is -2.37. The number of carbonyl (C=O) groups excluding carboxylic acids is 1. The van der Waals surface area contributed by atoms with Crippen LogP contribution in [0.5, 0.6) is 0 Å². The molecule has 2 aliphatic rings. The summed E-state index contributed by atoms with van der Waals surface area (Å²) in [5.74, 6) is -2.50. The van der Waals surface area contributed by atoms with Crippen molar-refractivity contribution in [2.75, 3.05) is 10.3 Å². The molecule has 2 aromatic heterocycles. The number of carboxylic acids is 1. The lowest BCUT2D eigenvalue weighted by atomic mass is 10.0. The summed E-state index contributed by atoms with van der Waals surface area (Å²) in [5.41, 5.74) is 7.01. The number of carboxylic acid groups (broad SMARTS) is 1. The van der Waals surface area contributed by atoms with Gasteiger partial charge in [-0.25, -0.2) is 19.7 Å². The van der Waals surface area contributed by atoms with E-state index in [0.29, 0.717) is 46.4 Å². The fourth-order valence-electron chi connectivity index (χ4n) is 4.78. The van der Waals surface area contributed by atoms with E-state index in [1.807, 2.05) is 0 Å². The van der Waals surface area contributed by atoms with Crippen LogP contribution < -0.4 is 27.0 Å². The summed E-state index contributed by atoms with van der Waals surface area (Å²) in [7, 11) is 0. The number of benzene rings is 2. The highest BCUT2D eigenvalue weighted by Gasteiger charge is 2.31. The first-order chi connectivity index (χ1) is 18.3. The van der Waals surface area contributed by atoms with Crippen molar-refractivity contribution in [3.8, 4) is 11.1 Å². The molecule has 0 spiro atoms. The van der Waals surface area contributed by atoms with Crippen LogP contribution >= 0.6 is 11.6 Å². The third-order valence-corrected chi connectivity index (χ3v) is 6.75. The van der Waals surface area contributed by atoms with Crippen LogP contribution in [0.1, 0.15) is 28.7 Å². The van der Waals surface area contributed by atoms with Gasteiger partial charge < -0.3 is 19.4 Å². The largest absolute Gasteiger partial charge is 0.475 e. The van der Waals surface area contributed by atoms with Gasteiger partial charge in [-0.2, -0.15) is 5.10 Å². The summed E-state index contributed by atoms with van der Waals surface area (Å²) in [5, 5.41) is 17.6. The first-order valence-corrected chi connectivity index (χ1v) is 11.8. The van der Waals surface area contributed by atoms with Gasteiger partial charge in [-0.05, 0) is 60.9 Å². The number of fused-ring (bicyclic) bond motifs is 2. The Bertz CT molecular complexity index is 1730. The SMILES string of the molecule is O=C(O)c1cc2cc(NC(=O)[C@@H]3CCc4cc(-c5c(N6C=NNN6)ccc(Cl)c5F)cc(=O)n43)ccc2o1. The number of hydrazone groups is 1. The molecule has 0 aliphatic carbocycles. The summed E-state index contributed by atoms with van der Waals surface area (Å²) < 4.78 is 21.9. The number of anilines is 2. The van der Waals surface area contributed by atoms with Gasteiger partial charge in [0, 0.05) is 28.4 Å². The molecule has 0 fully saturated rings. The van der Waals surface area contributed by atoms with E-state index in [1.54, 1.807) is 30.3 Å². The number of carbonyl (C=O) groups is 2. The molecule has 1 atom stereocenters. The molecule has 11 nitrogen and oxygen atoms in total. The zero-order valence-corrected chi connectivity index (χ0v) is 20.1. The predicted octanol–water partition coefficient (Wildman–Crippen LogP) is 3.65. The van der Waals surface area contributed by atoms with Crippen molar-refractivity contribution in [2.45, 2.75) is 18.9 Å². The first-order valence-electron chi connectivity index (χ1n) is 11.4. The molecule has 4 aromatic rings. The van der Waals surface area contributed by atoms with Crippen molar-refractivity contribution in [2.24, 2.45) is 5.10 Å². The van der Waals surface area contributed by atoms with Gasteiger partial charge in [-0.1, -0.05) is 11.6 Å². The first kappa shape index (κ1) is 23.7. The van der Waals surface area contributed by atoms with Gasteiger partial charge in [-0.15, -0.1) is 5.53 Å². The molecule has 0 saturated carbocycles. The normalized spacial score (nSPS) is 16.1. The second kappa shape index (κ2) is 9.01. The highest BCUT2D eigenvalue weighted by molar-refractivity contribution is 6.31. The molecule has 4 N–H and O–H groups in total. The van der Waals surface area contributed by atoms with E-state index < -0.39 is 29.3 Å². The molecule has 6 rings (SSSR count). The summed E-state index contributed by atoms with van der Waals surface area (Å²) >= 11 is 6.06. The van der Waals surface area contributed by atoms with Crippen molar-refractivity contribution >= 4 is 52.2 Å². The van der Waals surface area contributed by atoms with E-state index in [1.165, 1.54) is 34.1 Å². The van der Waals surface area contributed by atoms with E-state index in [0.717, 1.165) is 0 Å². The molecule has 4 heterocycles. The number of hydrogen-bond donors (Lipinski definition) is 4. The van der Waals surface area contributed by atoms with Crippen LogP contribution in [-0.2, 0) is 11.2 Å². The number of hydrogen-bond acceptors (Lipinski definition) is 8. The second-order valence-corrected chi connectivity index (χ2v) is 9.16. The molecule has 2 aliphatic heterocycles. The topological polar surface area (TPSA) is 141 Å². The molecule has 192 valence electrons. The number of nitrogens with zero attached hydrogens (tertiary/aromatic N) is 3. The van der Waals surface area contributed by atoms with Gasteiger partial charge in [-0.3, -0.25) is 9.59 Å². The Morgan fingerprint density at radius 3 is 2.79 bits per heavy atom. The number of furan rings is 1. The van der Waals surface area contributed by atoms with Crippen molar-refractivity contribution in [1.82, 2.24) is 15.6 Å². The fourth-order valence-corrected chi connectivity index (χ4v) is 4.93. The number of nitrogens with one attached hydrogen (secondary N) is 3. The van der Waals surface area contributed by atoms with E-state index in [-0.39, 0.29) is 16.3 Å². The third kappa shape index (κ3) is 3.96. The van der Waals surface area contributed by atoms with Crippen LogP contribution in [0.3, 0.4) is 0 Å². The maximum Gasteiger partial charge on any atom is 0.371 e. The molecule has 0 saturated heterocycles. The average Bonchev–Trinajstić information content (AvgIpc) is 3.65. The van der Waals surface area contributed by atoms with Gasteiger partial charge in [0.2, 0.25) is 11.7 Å². The summed E-state index contributed by atoms with van der Waals surface area (Å²) in [6.07, 6.45) is 2.21. The predicted molar refractivity (Wildman–Crippen MR) is 138 cm³/mol. The minimum atomic E-state index is -1.20. The van der Waals surface area contributed by atoms with Gasteiger partial charge in [0.25, 0.3) is 5.56 Å². The number of rotatable bonds is 5. The summed E-state index contributed by atoms with van der Waals surface area (Å²) in [6, 6.07) is 11.3. The highest BCUT2D eigenvalue weighted by atomic mass is 35.5. The second-order valence-electron chi connectivity index (χ2n) is 8.75. The zero-order chi connectivity index (χ0) is 26.6. The molecule has 2 aromatic carbocycles. The molecule has 38 heavy (non-hydrogen) atoms. The molecule has 1 amide bonds. The number of aromatic carboxylic acids is 1. The molecular weight excluding hydrogens is 519 g/mol. The van der Waals surface area contributed by atoms with E-state index >= 15 is 4.39 Å². The summed E-state index contributed by atoms with van der Waals surface area (Å²) in [4.78, 5) is 37.5. The monoisotopic (exact) mass is 536 g/mol. The smallest absolute Gasteiger partial charge is 0.371 e. The number of pyridine rings is 1. The van der Waals surface area contributed by atoms with Crippen LogP contribution in [-0.4, -0.2) is 27.9 Å². The zero-order valence-electron chi connectivity index (χ0n) is 19.4. The maximum absolute atomic E-state index is 15.2. The van der Waals surface area contributed by atoms with Crippen LogP contribution in [0.2, 0.25) is 5.02 Å². The number of halogens is 2. The van der Waals surface area contributed by atoms with Crippen molar-refractivity contribution in [1.29, 1.82) is 0 Å². The van der Waals surface area contributed by atoms with Crippen LogP contribution in [0.25, 0.3) is 22.1 Å². The Labute approximate surface area is 218 Å². The summed E-state index contributed by atoms with van der Waals surface area (Å²) in [6.45, 7) is 0. The van der Waals surface area contributed by atoms with Gasteiger partial charge in [0.1, 0.15) is 18.0 Å². The quantitative estimate of drug-likeness (QED) is 0.303.